The second-order valence-corrected chi connectivity index (χ2v) is 8.65. The largest absolute Gasteiger partial charge is 0.339 e. The van der Waals surface area contributed by atoms with E-state index >= 15 is 0 Å². The van der Waals surface area contributed by atoms with Crippen molar-refractivity contribution in [3.05, 3.63) is 106 Å². The Morgan fingerprint density at radius 3 is 2.10 bits per heavy atom. The van der Waals surface area contributed by atoms with Gasteiger partial charge in [0.15, 0.2) is 0 Å². The highest BCUT2D eigenvalue weighted by Gasteiger charge is 2.40. The molecular weight excluding hydrogens is 428 g/mol. The number of halogens is 1. The Bertz CT molecular complexity index is 1120. The third-order valence-electron chi connectivity index (χ3n) is 5.08. The molecule has 0 unspecified atom stereocenters. The summed E-state index contributed by atoms with van der Waals surface area (Å²) in [7, 11) is 1.82. The van der Waals surface area contributed by atoms with E-state index in [2.05, 4.69) is 0 Å². The molecule has 31 heavy (non-hydrogen) atoms. The Hall–Kier alpha value is -3.02. The molecule has 2 amide bonds. The maximum atomic E-state index is 13.4. The van der Waals surface area contributed by atoms with Crippen LogP contribution >= 0.6 is 23.4 Å². The fourth-order valence-electron chi connectivity index (χ4n) is 3.42. The van der Waals surface area contributed by atoms with Gasteiger partial charge in [-0.1, -0.05) is 71.9 Å². The Morgan fingerprint density at radius 2 is 1.45 bits per heavy atom. The van der Waals surface area contributed by atoms with Crippen molar-refractivity contribution in [2.24, 2.45) is 0 Å². The van der Waals surface area contributed by atoms with Crippen LogP contribution in [-0.4, -0.2) is 30.3 Å². The van der Waals surface area contributed by atoms with E-state index in [1.54, 1.807) is 17.0 Å². The molecule has 0 saturated carbocycles. The summed E-state index contributed by atoms with van der Waals surface area (Å²) >= 11 is 7.30. The van der Waals surface area contributed by atoms with Gasteiger partial charge in [-0.3, -0.25) is 14.5 Å². The minimum atomic E-state index is -0.274. The number of para-hydroxylation sites is 1. The van der Waals surface area contributed by atoms with Crippen molar-refractivity contribution in [2.45, 2.75) is 11.3 Å². The first-order valence-corrected chi connectivity index (χ1v) is 11.1. The second-order valence-electron chi connectivity index (χ2n) is 7.13. The molecular formula is C25H21ClN2O2S. The molecule has 156 valence electrons. The van der Waals surface area contributed by atoms with Gasteiger partial charge in [0.2, 0.25) is 0 Å². The molecule has 4 rings (SSSR count). The van der Waals surface area contributed by atoms with Crippen LogP contribution in [0.25, 0.3) is 0 Å². The zero-order valence-corrected chi connectivity index (χ0v) is 18.6. The van der Waals surface area contributed by atoms with Gasteiger partial charge in [-0.15, -0.1) is 0 Å². The average molecular weight is 449 g/mol. The third-order valence-corrected chi connectivity index (χ3v) is 6.41. The summed E-state index contributed by atoms with van der Waals surface area (Å²) in [6.45, 7) is 0.332. The number of thioether (sulfide) groups is 1. The molecule has 0 N–H and O–H groups in total. The van der Waals surface area contributed by atoms with E-state index in [1.165, 1.54) is 16.7 Å². The van der Waals surface area contributed by atoms with Crippen molar-refractivity contribution >= 4 is 40.9 Å². The lowest BCUT2D eigenvalue weighted by Crippen LogP contribution is -2.35. The Balaban J connectivity index is 1.65. The lowest BCUT2D eigenvalue weighted by molar-refractivity contribution is -0.137. The number of hydrogen-bond acceptors (Lipinski definition) is 4. The van der Waals surface area contributed by atoms with Gasteiger partial charge in [0.05, 0.1) is 0 Å². The molecule has 0 aliphatic carbocycles. The number of carbonyl (C=O) groups excluding carboxylic acids is 2. The summed E-state index contributed by atoms with van der Waals surface area (Å²) < 4.78 is 0. The third kappa shape index (κ3) is 4.68. The van der Waals surface area contributed by atoms with Gasteiger partial charge in [0.1, 0.15) is 10.6 Å². The Kier molecular flexibility index (Phi) is 6.44. The number of imide groups is 1. The summed E-state index contributed by atoms with van der Waals surface area (Å²) in [6.07, 6.45) is 0.611. The lowest BCUT2D eigenvalue weighted by Gasteiger charge is -2.21. The van der Waals surface area contributed by atoms with Crippen LogP contribution in [0.4, 0.5) is 5.69 Å². The Labute approximate surface area is 191 Å². The number of nitrogens with zero attached hydrogens (tertiary/aromatic N) is 2. The monoisotopic (exact) mass is 448 g/mol. The number of anilines is 1. The van der Waals surface area contributed by atoms with Gasteiger partial charge >= 0.3 is 0 Å². The number of amides is 2. The number of carbonyl (C=O) groups is 2. The number of hydrogen-bond donors (Lipinski definition) is 0. The van der Waals surface area contributed by atoms with Crippen LogP contribution < -0.4 is 4.90 Å². The van der Waals surface area contributed by atoms with Crippen LogP contribution in [0.5, 0.6) is 0 Å². The highest BCUT2D eigenvalue weighted by Crippen LogP contribution is 2.38. The lowest BCUT2D eigenvalue weighted by atomic mass is 10.1. The second kappa shape index (κ2) is 9.41. The molecule has 0 bridgehead atoms. The molecule has 3 aromatic carbocycles. The first-order chi connectivity index (χ1) is 15.0. The smallest absolute Gasteiger partial charge is 0.278 e. The molecule has 1 heterocycles. The first kappa shape index (κ1) is 21.2. The predicted molar refractivity (Wildman–Crippen MR) is 126 cm³/mol. The summed E-state index contributed by atoms with van der Waals surface area (Å²) in [6, 6.07) is 26.7. The van der Waals surface area contributed by atoms with Crippen molar-refractivity contribution in [1.82, 2.24) is 4.90 Å². The van der Waals surface area contributed by atoms with Gasteiger partial charge in [0, 0.05) is 29.2 Å². The van der Waals surface area contributed by atoms with Crippen molar-refractivity contribution in [3.8, 4) is 0 Å². The number of likely N-dealkylation sites (N-methyl/N-ethyl adjacent to an activating group) is 1. The van der Waals surface area contributed by atoms with Gasteiger partial charge in [-0.25, -0.2) is 0 Å². The fourth-order valence-corrected chi connectivity index (χ4v) is 4.57. The van der Waals surface area contributed by atoms with Crippen molar-refractivity contribution in [2.75, 3.05) is 18.5 Å². The van der Waals surface area contributed by atoms with Gasteiger partial charge < -0.3 is 4.90 Å². The fraction of sp³-hybridized carbons (Fsp3) is 0.120. The van der Waals surface area contributed by atoms with Crippen molar-refractivity contribution in [1.29, 1.82) is 0 Å². The molecule has 3 aromatic rings. The number of benzene rings is 3. The highest BCUT2D eigenvalue weighted by molar-refractivity contribution is 8.04. The first-order valence-electron chi connectivity index (χ1n) is 9.91. The van der Waals surface area contributed by atoms with Crippen molar-refractivity contribution < 1.29 is 9.59 Å². The topological polar surface area (TPSA) is 40.6 Å². The molecule has 4 nitrogen and oxygen atoms in total. The SMILES string of the molecule is CN(C1=C(Sc2ccc(Cl)cc2)C(=O)N(CCc2ccccc2)C1=O)c1ccccc1. The molecule has 1 aliphatic rings. The van der Waals surface area contributed by atoms with Gasteiger partial charge in [-0.2, -0.15) is 0 Å². The predicted octanol–water partition coefficient (Wildman–Crippen LogP) is 5.39. The van der Waals surface area contributed by atoms with Crippen molar-refractivity contribution in [3.63, 3.8) is 0 Å². The van der Waals surface area contributed by atoms with Gasteiger partial charge in [0.25, 0.3) is 11.8 Å². The Morgan fingerprint density at radius 1 is 0.839 bits per heavy atom. The average Bonchev–Trinajstić information content (AvgIpc) is 3.03. The van der Waals surface area contributed by atoms with E-state index in [1.807, 2.05) is 79.8 Å². The van der Waals surface area contributed by atoms with E-state index in [9.17, 15) is 9.59 Å². The minimum absolute atomic E-state index is 0.265. The molecule has 0 radical (unpaired) electrons. The highest BCUT2D eigenvalue weighted by atomic mass is 35.5. The van der Waals surface area contributed by atoms with E-state index in [0.29, 0.717) is 28.6 Å². The van der Waals surface area contributed by atoms with Gasteiger partial charge in [-0.05, 0) is 48.4 Å². The van der Waals surface area contributed by atoms with Crippen LogP contribution in [-0.2, 0) is 16.0 Å². The van der Waals surface area contributed by atoms with Crippen LogP contribution in [0.2, 0.25) is 5.02 Å². The molecule has 0 aromatic heterocycles. The summed E-state index contributed by atoms with van der Waals surface area (Å²) in [4.78, 5) is 31.1. The van der Waals surface area contributed by atoms with E-state index in [4.69, 9.17) is 11.6 Å². The molecule has 0 spiro atoms. The summed E-state index contributed by atoms with van der Waals surface area (Å²) in [5, 5.41) is 0.623. The minimum Gasteiger partial charge on any atom is -0.339 e. The normalized spacial score (nSPS) is 13.8. The summed E-state index contributed by atoms with van der Waals surface area (Å²) in [5.41, 5.74) is 2.32. The zero-order valence-electron chi connectivity index (χ0n) is 17.0. The maximum absolute atomic E-state index is 13.4. The van der Waals surface area contributed by atoms with E-state index < -0.39 is 0 Å². The van der Waals surface area contributed by atoms with E-state index in [-0.39, 0.29) is 11.8 Å². The molecule has 1 aliphatic heterocycles. The number of rotatable bonds is 7. The summed E-state index contributed by atoms with van der Waals surface area (Å²) in [5.74, 6) is -0.539. The molecule has 0 fully saturated rings. The maximum Gasteiger partial charge on any atom is 0.278 e. The molecule has 0 saturated heterocycles. The molecule has 0 atom stereocenters. The molecule has 6 heteroatoms. The standard InChI is InChI=1S/C25H21ClN2O2S/c1-27(20-10-6-3-7-11-20)22-23(31-21-14-12-19(26)13-15-21)25(30)28(24(22)29)17-16-18-8-4-2-5-9-18/h2-15H,16-17H2,1H3. The van der Waals surface area contributed by atoms with Crippen LogP contribution in [0.3, 0.4) is 0 Å². The van der Waals surface area contributed by atoms with Crippen LogP contribution in [0, 0.1) is 0 Å². The van der Waals surface area contributed by atoms with Crippen LogP contribution in [0.15, 0.2) is 100 Å². The quantitative estimate of drug-likeness (QED) is 0.454. The van der Waals surface area contributed by atoms with E-state index in [0.717, 1.165) is 16.1 Å². The van der Waals surface area contributed by atoms with Crippen LogP contribution in [0.1, 0.15) is 5.56 Å². The zero-order chi connectivity index (χ0) is 21.8.